The van der Waals surface area contributed by atoms with E-state index in [9.17, 15) is 19.7 Å². The van der Waals surface area contributed by atoms with Gasteiger partial charge < -0.3 is 4.74 Å². The molecular formula is C21H25N3O5. The number of nitrogens with zero attached hydrogens (tertiary/aromatic N) is 1. The molecule has 2 rings (SSSR count). The topological polar surface area (TPSA) is 111 Å². The molecule has 0 aliphatic carbocycles. The van der Waals surface area contributed by atoms with E-state index in [1.807, 2.05) is 24.3 Å². The Balaban J connectivity index is 2.03. The molecule has 2 aromatic rings. The summed E-state index contributed by atoms with van der Waals surface area (Å²) in [5.41, 5.74) is 5.48. The summed E-state index contributed by atoms with van der Waals surface area (Å²) in [5.74, 6) is -0.253. The van der Waals surface area contributed by atoms with Crippen LogP contribution in [-0.4, -0.2) is 22.8 Å². The number of carbonyl (C=O) groups excluding carboxylic acids is 2. The molecule has 0 aliphatic rings. The third kappa shape index (κ3) is 5.78. The lowest BCUT2D eigenvalue weighted by Gasteiger charge is -2.21. The summed E-state index contributed by atoms with van der Waals surface area (Å²) in [7, 11) is 0. The molecular weight excluding hydrogens is 374 g/mol. The Morgan fingerprint density at radius 1 is 1.07 bits per heavy atom. The average molecular weight is 399 g/mol. The van der Waals surface area contributed by atoms with Crippen molar-refractivity contribution in [3.8, 4) is 5.75 Å². The number of benzene rings is 2. The summed E-state index contributed by atoms with van der Waals surface area (Å²) in [6, 6.07) is 12.8. The maximum absolute atomic E-state index is 12.5. The van der Waals surface area contributed by atoms with Crippen LogP contribution in [0.3, 0.4) is 0 Å². The molecule has 2 unspecified atom stereocenters. The number of nitro groups is 1. The van der Waals surface area contributed by atoms with E-state index in [2.05, 4.69) is 24.7 Å². The lowest BCUT2D eigenvalue weighted by atomic mass is 9.98. The van der Waals surface area contributed by atoms with Crippen molar-refractivity contribution in [2.75, 3.05) is 0 Å². The van der Waals surface area contributed by atoms with Crippen LogP contribution in [0, 0.1) is 10.1 Å². The molecule has 2 amide bonds. The van der Waals surface area contributed by atoms with Crippen molar-refractivity contribution in [3.05, 3.63) is 69.8 Å². The monoisotopic (exact) mass is 399 g/mol. The molecule has 2 N–H and O–H groups in total. The molecule has 8 heteroatoms. The van der Waals surface area contributed by atoms with Gasteiger partial charge in [-0.15, -0.1) is 0 Å². The largest absolute Gasteiger partial charge is 0.480 e. The lowest BCUT2D eigenvalue weighted by Crippen LogP contribution is -2.48. The fraction of sp³-hybridized carbons (Fsp3) is 0.333. The van der Waals surface area contributed by atoms with Crippen LogP contribution in [0.25, 0.3) is 0 Å². The second-order valence-corrected chi connectivity index (χ2v) is 6.61. The number of hydrogen-bond donors (Lipinski definition) is 2. The van der Waals surface area contributed by atoms with Crippen molar-refractivity contribution in [2.24, 2.45) is 0 Å². The van der Waals surface area contributed by atoms with Gasteiger partial charge in [0.05, 0.1) is 4.92 Å². The van der Waals surface area contributed by atoms with Crippen LogP contribution in [0.15, 0.2) is 48.5 Å². The predicted octanol–water partition coefficient (Wildman–Crippen LogP) is 3.73. The Morgan fingerprint density at radius 3 is 2.45 bits per heavy atom. The normalized spacial score (nSPS) is 12.5. The van der Waals surface area contributed by atoms with Gasteiger partial charge in [0, 0.05) is 17.7 Å². The van der Waals surface area contributed by atoms with Gasteiger partial charge in [0.25, 0.3) is 17.5 Å². The molecule has 0 aromatic heterocycles. The molecule has 2 atom stereocenters. The summed E-state index contributed by atoms with van der Waals surface area (Å²) in [6.45, 7) is 5.97. The molecule has 0 saturated carbocycles. The number of hydrazine groups is 1. The van der Waals surface area contributed by atoms with Crippen molar-refractivity contribution >= 4 is 17.5 Å². The van der Waals surface area contributed by atoms with Crippen molar-refractivity contribution in [1.82, 2.24) is 10.9 Å². The average Bonchev–Trinajstić information content (AvgIpc) is 2.75. The SMILES string of the molecule is CCC(Oc1ccccc1C(C)CC)C(=O)NNC(=O)c1cccc([N+](=O)[O-])c1. The van der Waals surface area contributed by atoms with Gasteiger partial charge >= 0.3 is 0 Å². The molecule has 2 aromatic carbocycles. The van der Waals surface area contributed by atoms with E-state index in [0.29, 0.717) is 12.2 Å². The van der Waals surface area contributed by atoms with Crippen molar-refractivity contribution < 1.29 is 19.2 Å². The molecule has 29 heavy (non-hydrogen) atoms. The molecule has 0 spiro atoms. The molecule has 0 radical (unpaired) electrons. The maximum Gasteiger partial charge on any atom is 0.279 e. The van der Waals surface area contributed by atoms with Crippen LogP contribution in [0.4, 0.5) is 5.69 Å². The van der Waals surface area contributed by atoms with Crippen molar-refractivity contribution in [3.63, 3.8) is 0 Å². The highest BCUT2D eigenvalue weighted by molar-refractivity contribution is 5.96. The molecule has 8 nitrogen and oxygen atoms in total. The van der Waals surface area contributed by atoms with Gasteiger partial charge in [-0.1, -0.05) is 45.0 Å². The molecule has 154 valence electrons. The number of para-hydroxylation sites is 1. The second kappa shape index (κ2) is 10.2. The third-order valence-corrected chi connectivity index (χ3v) is 4.61. The molecule has 0 heterocycles. The molecule has 0 saturated heterocycles. The number of hydrogen-bond acceptors (Lipinski definition) is 5. The quantitative estimate of drug-likeness (QED) is 0.519. The summed E-state index contributed by atoms with van der Waals surface area (Å²) in [6.07, 6.45) is 0.529. The highest BCUT2D eigenvalue weighted by Gasteiger charge is 2.21. The first-order valence-corrected chi connectivity index (χ1v) is 9.47. The zero-order valence-electron chi connectivity index (χ0n) is 16.7. The van der Waals surface area contributed by atoms with Gasteiger partial charge in [-0.05, 0) is 36.5 Å². The van der Waals surface area contributed by atoms with E-state index >= 15 is 0 Å². The highest BCUT2D eigenvalue weighted by Crippen LogP contribution is 2.29. The standard InChI is InChI=1S/C21H25N3O5/c1-4-14(3)17-11-6-7-12-19(17)29-18(5-2)21(26)23-22-20(25)15-9-8-10-16(13-15)24(27)28/h6-14,18H,4-5H2,1-3H3,(H,22,25)(H,23,26). The van der Waals surface area contributed by atoms with E-state index in [4.69, 9.17) is 4.74 Å². The minimum Gasteiger partial charge on any atom is -0.480 e. The van der Waals surface area contributed by atoms with Gasteiger partial charge in [-0.25, -0.2) is 0 Å². The fourth-order valence-electron chi connectivity index (χ4n) is 2.72. The minimum absolute atomic E-state index is 0.0654. The van der Waals surface area contributed by atoms with E-state index in [-0.39, 0.29) is 17.2 Å². The number of rotatable bonds is 8. The Kier molecular flexibility index (Phi) is 7.70. The van der Waals surface area contributed by atoms with Crippen LogP contribution in [-0.2, 0) is 4.79 Å². The van der Waals surface area contributed by atoms with Crippen LogP contribution in [0.1, 0.15) is 55.5 Å². The van der Waals surface area contributed by atoms with Gasteiger partial charge in [0.1, 0.15) is 5.75 Å². The highest BCUT2D eigenvalue weighted by atomic mass is 16.6. The van der Waals surface area contributed by atoms with Crippen LogP contribution in [0.5, 0.6) is 5.75 Å². The Hall–Kier alpha value is -3.42. The van der Waals surface area contributed by atoms with E-state index in [1.165, 1.54) is 18.2 Å². The number of ether oxygens (including phenoxy) is 1. The molecule has 0 aliphatic heterocycles. The Labute approximate surface area is 169 Å². The summed E-state index contributed by atoms with van der Waals surface area (Å²) in [5, 5.41) is 10.8. The van der Waals surface area contributed by atoms with Crippen LogP contribution in [0.2, 0.25) is 0 Å². The zero-order chi connectivity index (χ0) is 21.4. The fourth-order valence-corrected chi connectivity index (χ4v) is 2.72. The molecule has 0 bridgehead atoms. The minimum atomic E-state index is -0.800. The number of nitro benzene ring substituents is 1. The third-order valence-electron chi connectivity index (χ3n) is 4.61. The maximum atomic E-state index is 12.5. The summed E-state index contributed by atoms with van der Waals surface area (Å²) in [4.78, 5) is 34.9. The summed E-state index contributed by atoms with van der Waals surface area (Å²) >= 11 is 0. The number of amides is 2. The smallest absolute Gasteiger partial charge is 0.279 e. The van der Waals surface area contributed by atoms with Gasteiger partial charge in [-0.3, -0.25) is 30.6 Å². The lowest BCUT2D eigenvalue weighted by molar-refractivity contribution is -0.384. The van der Waals surface area contributed by atoms with Crippen LogP contribution >= 0.6 is 0 Å². The van der Waals surface area contributed by atoms with Crippen molar-refractivity contribution in [1.29, 1.82) is 0 Å². The van der Waals surface area contributed by atoms with E-state index in [0.717, 1.165) is 18.1 Å². The first kappa shape index (κ1) is 21.9. The van der Waals surface area contributed by atoms with Gasteiger partial charge in [-0.2, -0.15) is 0 Å². The molecule has 0 fully saturated rings. The Morgan fingerprint density at radius 2 is 1.79 bits per heavy atom. The summed E-state index contributed by atoms with van der Waals surface area (Å²) < 4.78 is 5.92. The van der Waals surface area contributed by atoms with Gasteiger partial charge in [0.15, 0.2) is 6.10 Å². The first-order chi connectivity index (χ1) is 13.9. The second-order valence-electron chi connectivity index (χ2n) is 6.61. The Bertz CT molecular complexity index is 884. The number of non-ortho nitro benzene ring substituents is 1. The van der Waals surface area contributed by atoms with E-state index < -0.39 is 22.8 Å². The van der Waals surface area contributed by atoms with Crippen molar-refractivity contribution in [2.45, 2.75) is 45.6 Å². The van der Waals surface area contributed by atoms with Gasteiger partial charge in [0.2, 0.25) is 0 Å². The van der Waals surface area contributed by atoms with E-state index in [1.54, 1.807) is 6.92 Å². The van der Waals surface area contributed by atoms with Crippen LogP contribution < -0.4 is 15.6 Å². The number of carbonyl (C=O) groups is 2. The predicted molar refractivity (Wildman–Crippen MR) is 109 cm³/mol. The zero-order valence-corrected chi connectivity index (χ0v) is 16.7. The number of nitrogens with one attached hydrogen (secondary N) is 2. The first-order valence-electron chi connectivity index (χ1n) is 9.47.